The van der Waals surface area contributed by atoms with Crippen molar-refractivity contribution in [3.05, 3.63) is 30.1 Å². The van der Waals surface area contributed by atoms with Crippen molar-refractivity contribution in [1.29, 1.82) is 0 Å². The molecule has 0 saturated carbocycles. The maximum Gasteiger partial charge on any atom is 0.136 e. The third-order valence-corrected chi connectivity index (χ3v) is 5.74. The predicted molar refractivity (Wildman–Crippen MR) is 82.6 cm³/mol. The molecule has 3 atom stereocenters. The molecule has 3 rings (SSSR count). The van der Waals surface area contributed by atoms with Crippen LogP contribution < -0.4 is 5.32 Å². The highest BCUT2D eigenvalue weighted by molar-refractivity contribution is 7.99. The number of hydrogen-bond acceptors (Lipinski definition) is 3. The summed E-state index contributed by atoms with van der Waals surface area (Å²) in [6.07, 6.45) is 1.23. The predicted octanol–water partition coefficient (Wildman–Crippen LogP) is 2.85. The normalized spacial score (nSPS) is 29.8. The number of fused-ring (bicyclic) bond motifs is 1. The van der Waals surface area contributed by atoms with Crippen molar-refractivity contribution in [3.63, 3.8) is 0 Å². The number of hydrogen-bond donors (Lipinski definition) is 1. The Morgan fingerprint density at radius 1 is 1.35 bits per heavy atom. The Balaban J connectivity index is 1.52. The van der Waals surface area contributed by atoms with Crippen molar-refractivity contribution < 1.29 is 4.39 Å². The lowest BCUT2D eigenvalue weighted by molar-refractivity contribution is 0.231. The number of thioether (sulfide) groups is 1. The van der Waals surface area contributed by atoms with Crippen LogP contribution in [0.4, 0.5) is 4.39 Å². The van der Waals surface area contributed by atoms with Crippen LogP contribution in [0.1, 0.15) is 13.3 Å². The summed E-state index contributed by atoms with van der Waals surface area (Å²) < 4.78 is 13.6. The first-order valence-corrected chi connectivity index (χ1v) is 8.60. The molecule has 110 valence electrons. The van der Waals surface area contributed by atoms with Crippen molar-refractivity contribution in [3.8, 4) is 0 Å². The lowest BCUT2D eigenvalue weighted by atomic mass is 9.93. The highest BCUT2D eigenvalue weighted by Crippen LogP contribution is 2.34. The van der Waals surface area contributed by atoms with Gasteiger partial charge < -0.3 is 5.32 Å². The molecule has 0 radical (unpaired) electrons. The largest absolute Gasteiger partial charge is 0.316 e. The fraction of sp³-hybridized carbons (Fsp3) is 0.625. The van der Waals surface area contributed by atoms with E-state index in [4.69, 9.17) is 0 Å². The van der Waals surface area contributed by atoms with E-state index in [0.29, 0.717) is 0 Å². The van der Waals surface area contributed by atoms with E-state index in [2.05, 4.69) is 17.1 Å². The van der Waals surface area contributed by atoms with Gasteiger partial charge in [-0.05, 0) is 43.5 Å². The van der Waals surface area contributed by atoms with E-state index >= 15 is 0 Å². The zero-order valence-electron chi connectivity index (χ0n) is 12.0. The molecule has 2 nitrogen and oxygen atoms in total. The van der Waals surface area contributed by atoms with Crippen LogP contribution >= 0.6 is 11.8 Å². The van der Waals surface area contributed by atoms with Gasteiger partial charge >= 0.3 is 0 Å². The Hall–Kier alpha value is -0.580. The monoisotopic (exact) mass is 294 g/mol. The molecular weight excluding hydrogens is 271 g/mol. The van der Waals surface area contributed by atoms with Gasteiger partial charge in [0.15, 0.2) is 0 Å². The summed E-state index contributed by atoms with van der Waals surface area (Å²) in [4.78, 5) is 3.41. The van der Waals surface area contributed by atoms with E-state index in [-0.39, 0.29) is 5.82 Å². The minimum absolute atomic E-state index is 0.0907. The average Bonchev–Trinajstić information content (AvgIpc) is 3.01. The summed E-state index contributed by atoms with van der Waals surface area (Å²) in [6, 6.07) is 7.80. The van der Waals surface area contributed by atoms with Crippen LogP contribution in [0.15, 0.2) is 29.2 Å². The summed E-state index contributed by atoms with van der Waals surface area (Å²) in [6.45, 7) is 6.94. The number of likely N-dealkylation sites (tertiary alicyclic amines) is 1. The highest BCUT2D eigenvalue weighted by Gasteiger charge is 2.42. The first-order valence-electron chi connectivity index (χ1n) is 7.61. The molecule has 2 heterocycles. The highest BCUT2D eigenvalue weighted by atomic mass is 32.2. The van der Waals surface area contributed by atoms with E-state index in [9.17, 15) is 4.39 Å². The molecule has 4 heteroatoms. The van der Waals surface area contributed by atoms with Gasteiger partial charge in [-0.1, -0.05) is 19.1 Å². The van der Waals surface area contributed by atoms with Crippen LogP contribution in [-0.2, 0) is 0 Å². The lowest BCUT2D eigenvalue weighted by Gasteiger charge is -2.26. The van der Waals surface area contributed by atoms with Gasteiger partial charge in [0.2, 0.25) is 0 Å². The summed E-state index contributed by atoms with van der Waals surface area (Å²) in [7, 11) is 0. The van der Waals surface area contributed by atoms with Crippen molar-refractivity contribution in [2.45, 2.75) is 24.3 Å². The molecule has 2 saturated heterocycles. The number of halogens is 1. The molecule has 2 aliphatic rings. The molecule has 2 aliphatic heterocycles. The zero-order valence-corrected chi connectivity index (χ0v) is 12.8. The second-order valence-corrected chi connectivity index (χ2v) is 6.97. The summed E-state index contributed by atoms with van der Waals surface area (Å²) in [5, 5.41) is 3.52. The summed E-state index contributed by atoms with van der Waals surface area (Å²) in [5.41, 5.74) is 0. The van der Waals surface area contributed by atoms with Crippen molar-refractivity contribution >= 4 is 11.8 Å². The average molecular weight is 294 g/mol. The minimum atomic E-state index is -0.0907. The molecule has 1 aromatic carbocycles. The second-order valence-electron chi connectivity index (χ2n) is 5.83. The molecule has 3 unspecified atom stereocenters. The van der Waals surface area contributed by atoms with E-state index in [1.54, 1.807) is 23.9 Å². The summed E-state index contributed by atoms with van der Waals surface area (Å²) >= 11 is 1.64. The van der Waals surface area contributed by atoms with Gasteiger partial charge in [0.05, 0.1) is 0 Å². The standard InChI is InChI=1S/C16H23FN2S/c1-2-15-13-10-18-9-12(13)11-19(15)7-8-20-16-6-4-3-5-14(16)17/h3-6,12-13,15,18H,2,7-11H2,1H3. The van der Waals surface area contributed by atoms with Gasteiger partial charge in [-0.3, -0.25) is 4.90 Å². The van der Waals surface area contributed by atoms with Crippen LogP contribution in [0.5, 0.6) is 0 Å². The Kier molecular flexibility index (Phi) is 4.64. The molecule has 0 aromatic heterocycles. The van der Waals surface area contributed by atoms with E-state index < -0.39 is 0 Å². The molecule has 0 bridgehead atoms. The SMILES string of the molecule is CCC1C2CNCC2CN1CCSc1ccccc1F. The van der Waals surface area contributed by atoms with Gasteiger partial charge in [0.1, 0.15) is 5.82 Å². The van der Waals surface area contributed by atoms with Crippen LogP contribution in [0.2, 0.25) is 0 Å². The van der Waals surface area contributed by atoms with Gasteiger partial charge in [-0.2, -0.15) is 0 Å². The minimum Gasteiger partial charge on any atom is -0.316 e. The molecule has 2 fully saturated rings. The maximum absolute atomic E-state index is 13.6. The summed E-state index contributed by atoms with van der Waals surface area (Å²) in [5.74, 6) is 2.55. The van der Waals surface area contributed by atoms with Gasteiger partial charge in [-0.25, -0.2) is 4.39 Å². The first-order chi connectivity index (χ1) is 9.79. The van der Waals surface area contributed by atoms with Gasteiger partial charge in [-0.15, -0.1) is 11.8 Å². The van der Waals surface area contributed by atoms with E-state index in [1.807, 2.05) is 12.1 Å². The van der Waals surface area contributed by atoms with Gasteiger partial charge in [0, 0.05) is 29.8 Å². The first kappa shape index (κ1) is 14.4. The van der Waals surface area contributed by atoms with Crippen LogP contribution in [-0.4, -0.2) is 42.9 Å². The molecular formula is C16H23FN2S. The molecule has 1 N–H and O–H groups in total. The Morgan fingerprint density at radius 2 is 2.20 bits per heavy atom. The molecule has 0 spiro atoms. The second kappa shape index (κ2) is 6.46. The molecule has 1 aromatic rings. The third-order valence-electron chi connectivity index (χ3n) is 4.72. The van der Waals surface area contributed by atoms with E-state index in [1.165, 1.54) is 26.1 Å². The number of benzene rings is 1. The quantitative estimate of drug-likeness (QED) is 0.841. The molecule has 20 heavy (non-hydrogen) atoms. The lowest BCUT2D eigenvalue weighted by Crippen LogP contribution is -2.36. The topological polar surface area (TPSA) is 15.3 Å². The number of rotatable bonds is 5. The van der Waals surface area contributed by atoms with Crippen molar-refractivity contribution in [1.82, 2.24) is 10.2 Å². The van der Waals surface area contributed by atoms with Crippen molar-refractivity contribution in [2.75, 3.05) is 31.9 Å². The van der Waals surface area contributed by atoms with Crippen molar-refractivity contribution in [2.24, 2.45) is 11.8 Å². The fourth-order valence-electron chi connectivity index (χ4n) is 3.76. The van der Waals surface area contributed by atoms with Crippen LogP contribution in [0.3, 0.4) is 0 Å². The smallest absolute Gasteiger partial charge is 0.136 e. The van der Waals surface area contributed by atoms with E-state index in [0.717, 1.165) is 35.1 Å². The third kappa shape index (κ3) is 2.87. The zero-order chi connectivity index (χ0) is 13.9. The van der Waals surface area contributed by atoms with Crippen LogP contribution in [0.25, 0.3) is 0 Å². The maximum atomic E-state index is 13.6. The fourth-order valence-corrected chi connectivity index (χ4v) is 4.69. The molecule has 0 aliphatic carbocycles. The molecule has 0 amide bonds. The Bertz CT molecular complexity index is 454. The van der Waals surface area contributed by atoms with Crippen LogP contribution in [0, 0.1) is 17.7 Å². The van der Waals surface area contributed by atoms with Gasteiger partial charge in [0.25, 0.3) is 0 Å². The Morgan fingerprint density at radius 3 is 3.00 bits per heavy atom. The number of nitrogens with zero attached hydrogens (tertiary/aromatic N) is 1. The number of nitrogens with one attached hydrogen (secondary N) is 1. The Labute approximate surface area is 125 Å².